The van der Waals surface area contributed by atoms with Gasteiger partial charge in [-0.3, -0.25) is 4.79 Å². The third kappa shape index (κ3) is 6.58. The Morgan fingerprint density at radius 3 is 2.52 bits per heavy atom. The van der Waals surface area contributed by atoms with Gasteiger partial charge >= 0.3 is 0 Å². The molecule has 0 saturated heterocycles. The fourth-order valence-corrected chi connectivity index (χ4v) is 1.61. The molecule has 1 amide bonds. The van der Waals surface area contributed by atoms with Crippen LogP contribution in [-0.2, 0) is 11.3 Å². The van der Waals surface area contributed by atoms with Crippen LogP contribution in [0.15, 0.2) is 18.2 Å². The number of halogens is 1. The smallest absolute Gasteiger partial charge is 0.225 e. The molecule has 1 N–H and O–H groups in total. The number of carbonyl (C=O) groups excluding carboxylic acids is 1. The van der Waals surface area contributed by atoms with Gasteiger partial charge in [-0.15, -0.1) is 0 Å². The molecule has 21 heavy (non-hydrogen) atoms. The largest absolute Gasteiger partial charge is 0.490 e. The van der Waals surface area contributed by atoms with Crippen LogP contribution in [0, 0.1) is 5.82 Å². The number of nitrogens with one attached hydrogen (secondary N) is 1. The van der Waals surface area contributed by atoms with E-state index in [0.29, 0.717) is 6.54 Å². The average Bonchev–Trinajstić information content (AvgIpc) is 2.37. The highest BCUT2D eigenvalue weighted by atomic mass is 19.1. The third-order valence-electron chi connectivity index (χ3n) is 2.89. The summed E-state index contributed by atoms with van der Waals surface area (Å²) >= 11 is 0. The first kappa shape index (κ1) is 17.4. The number of benzene rings is 1. The third-order valence-corrected chi connectivity index (χ3v) is 2.89. The first-order valence-corrected chi connectivity index (χ1v) is 7.05. The number of hydrogen-bond acceptors (Lipinski definition) is 3. The molecule has 1 aromatic rings. The minimum absolute atomic E-state index is 0.0157. The van der Waals surface area contributed by atoms with Crippen molar-refractivity contribution < 1.29 is 13.9 Å². The van der Waals surface area contributed by atoms with E-state index in [1.54, 1.807) is 20.2 Å². The van der Waals surface area contributed by atoms with E-state index in [2.05, 4.69) is 26.1 Å². The summed E-state index contributed by atoms with van der Waals surface area (Å²) in [5, 5.41) is 3.30. The molecule has 0 saturated carbocycles. The van der Waals surface area contributed by atoms with Gasteiger partial charge in [-0.05, 0) is 38.5 Å². The first-order valence-electron chi connectivity index (χ1n) is 7.05. The number of ether oxygens (including phenoxy) is 1. The van der Waals surface area contributed by atoms with Gasteiger partial charge in [-0.25, -0.2) is 4.39 Å². The Kier molecular flexibility index (Phi) is 6.15. The van der Waals surface area contributed by atoms with Gasteiger partial charge < -0.3 is 15.0 Å². The van der Waals surface area contributed by atoms with E-state index in [4.69, 9.17) is 4.74 Å². The Bertz CT molecular complexity index is 482. The Balaban J connectivity index is 2.52. The van der Waals surface area contributed by atoms with Gasteiger partial charge in [0, 0.05) is 26.2 Å². The topological polar surface area (TPSA) is 41.6 Å². The molecule has 4 nitrogen and oxygen atoms in total. The fraction of sp³-hybridized carbons (Fsp3) is 0.562. The number of hydrogen-bond donors (Lipinski definition) is 1. The van der Waals surface area contributed by atoms with Crippen LogP contribution >= 0.6 is 0 Å². The predicted molar refractivity (Wildman–Crippen MR) is 81.8 cm³/mol. The van der Waals surface area contributed by atoms with Crippen LogP contribution < -0.4 is 10.1 Å². The molecule has 5 heteroatoms. The lowest BCUT2D eigenvalue weighted by atomic mass is 10.1. The maximum absolute atomic E-state index is 13.9. The van der Waals surface area contributed by atoms with Gasteiger partial charge in [0.25, 0.3) is 0 Å². The second kappa shape index (κ2) is 7.41. The zero-order valence-electron chi connectivity index (χ0n) is 13.5. The molecular formula is C16H25FN2O2. The van der Waals surface area contributed by atoms with Crippen LogP contribution in [0.1, 0.15) is 32.8 Å². The summed E-state index contributed by atoms with van der Waals surface area (Å²) in [6.45, 7) is 6.95. The summed E-state index contributed by atoms with van der Waals surface area (Å²) in [5.74, 6) is -0.261. The zero-order valence-corrected chi connectivity index (χ0v) is 13.5. The molecule has 118 valence electrons. The number of nitrogens with zero attached hydrogens (tertiary/aromatic N) is 1. The summed E-state index contributed by atoms with van der Waals surface area (Å²) in [7, 11) is 3.36. The quantitative estimate of drug-likeness (QED) is 0.877. The second-order valence-corrected chi connectivity index (χ2v) is 6.25. The van der Waals surface area contributed by atoms with Gasteiger partial charge in [0.2, 0.25) is 5.91 Å². The molecular weight excluding hydrogens is 271 g/mol. The van der Waals surface area contributed by atoms with Crippen LogP contribution in [0.5, 0.6) is 5.75 Å². The predicted octanol–water partition coefficient (Wildman–Crippen LogP) is 2.57. The van der Waals surface area contributed by atoms with E-state index < -0.39 is 5.82 Å². The molecule has 0 radical (unpaired) electrons. The van der Waals surface area contributed by atoms with Crippen molar-refractivity contribution in [1.29, 1.82) is 0 Å². The lowest BCUT2D eigenvalue weighted by Gasteiger charge is -2.20. The summed E-state index contributed by atoms with van der Waals surface area (Å²) in [4.78, 5) is 12.9. The van der Waals surface area contributed by atoms with E-state index in [-0.39, 0.29) is 30.2 Å². The van der Waals surface area contributed by atoms with Gasteiger partial charge in [0.15, 0.2) is 11.6 Å². The highest BCUT2D eigenvalue weighted by Crippen LogP contribution is 2.19. The molecule has 0 fully saturated rings. The summed E-state index contributed by atoms with van der Waals surface area (Å²) in [6, 6.07) is 4.89. The van der Waals surface area contributed by atoms with Crippen molar-refractivity contribution in [2.45, 2.75) is 39.3 Å². The van der Waals surface area contributed by atoms with Gasteiger partial charge in [-0.1, -0.05) is 6.07 Å². The fourth-order valence-electron chi connectivity index (χ4n) is 1.61. The number of rotatable bonds is 6. The Morgan fingerprint density at radius 1 is 1.33 bits per heavy atom. The Morgan fingerprint density at radius 2 is 2.00 bits per heavy atom. The molecule has 0 heterocycles. The molecule has 0 bridgehead atoms. The lowest BCUT2D eigenvalue weighted by Crippen LogP contribution is -2.35. The highest BCUT2D eigenvalue weighted by molar-refractivity contribution is 5.75. The second-order valence-electron chi connectivity index (χ2n) is 6.25. The molecule has 0 aliphatic carbocycles. The van der Waals surface area contributed by atoms with Crippen molar-refractivity contribution in [3.05, 3.63) is 29.6 Å². The van der Waals surface area contributed by atoms with Crippen molar-refractivity contribution in [2.24, 2.45) is 0 Å². The van der Waals surface area contributed by atoms with Crippen molar-refractivity contribution in [3.8, 4) is 5.75 Å². The van der Waals surface area contributed by atoms with E-state index in [9.17, 15) is 9.18 Å². The van der Waals surface area contributed by atoms with Crippen molar-refractivity contribution >= 4 is 5.91 Å². The summed E-state index contributed by atoms with van der Waals surface area (Å²) in [6.07, 6.45) is 0.236. The van der Waals surface area contributed by atoms with E-state index in [0.717, 1.165) is 5.56 Å². The Hall–Kier alpha value is -1.62. The van der Waals surface area contributed by atoms with Gasteiger partial charge in [-0.2, -0.15) is 0 Å². The number of carbonyl (C=O) groups is 1. The lowest BCUT2D eigenvalue weighted by molar-refractivity contribution is -0.129. The molecule has 0 atom stereocenters. The molecule has 0 aliphatic rings. The highest BCUT2D eigenvalue weighted by Gasteiger charge is 2.11. The SMILES string of the molecule is CN(C)C(=O)CCOc1ccc(CNC(C)(C)C)cc1F. The standard InChI is InChI=1S/C16H25FN2O2/c1-16(2,3)18-11-12-6-7-14(13(17)10-12)21-9-8-15(20)19(4)5/h6-7,10,18H,8-9,11H2,1-5H3. The van der Waals surface area contributed by atoms with Gasteiger partial charge in [0.05, 0.1) is 13.0 Å². The van der Waals surface area contributed by atoms with Crippen LogP contribution in [-0.4, -0.2) is 37.0 Å². The van der Waals surface area contributed by atoms with Crippen LogP contribution in [0.4, 0.5) is 4.39 Å². The van der Waals surface area contributed by atoms with E-state index in [1.165, 1.54) is 11.0 Å². The van der Waals surface area contributed by atoms with E-state index >= 15 is 0 Å². The first-order chi connectivity index (χ1) is 9.69. The summed E-state index contributed by atoms with van der Waals surface area (Å²) in [5.41, 5.74) is 0.845. The van der Waals surface area contributed by atoms with Crippen LogP contribution in [0.25, 0.3) is 0 Å². The van der Waals surface area contributed by atoms with Crippen molar-refractivity contribution in [3.63, 3.8) is 0 Å². The normalized spacial score (nSPS) is 11.3. The maximum atomic E-state index is 13.9. The van der Waals surface area contributed by atoms with Crippen molar-refractivity contribution in [2.75, 3.05) is 20.7 Å². The Labute approximate surface area is 126 Å². The molecule has 1 aromatic carbocycles. The zero-order chi connectivity index (χ0) is 16.0. The average molecular weight is 296 g/mol. The van der Waals surface area contributed by atoms with Crippen molar-refractivity contribution in [1.82, 2.24) is 10.2 Å². The van der Waals surface area contributed by atoms with E-state index in [1.807, 2.05) is 6.07 Å². The summed E-state index contributed by atoms with van der Waals surface area (Å²) < 4.78 is 19.2. The molecule has 0 aromatic heterocycles. The number of amides is 1. The molecule has 0 aliphatic heterocycles. The minimum Gasteiger partial charge on any atom is -0.490 e. The van der Waals surface area contributed by atoms with Crippen LogP contribution in [0.2, 0.25) is 0 Å². The minimum atomic E-state index is -0.402. The molecule has 0 unspecified atom stereocenters. The monoisotopic (exact) mass is 296 g/mol. The van der Waals surface area contributed by atoms with Gasteiger partial charge in [0.1, 0.15) is 0 Å². The van der Waals surface area contributed by atoms with Crippen LogP contribution in [0.3, 0.4) is 0 Å². The molecule has 1 rings (SSSR count). The maximum Gasteiger partial charge on any atom is 0.225 e. The molecule has 0 spiro atoms.